The van der Waals surface area contributed by atoms with Crippen LogP contribution >= 0.6 is 19.5 Å². The van der Waals surface area contributed by atoms with Gasteiger partial charge in [-0.1, -0.05) is 161 Å². The first kappa shape index (κ1) is 58.6. The highest BCUT2D eigenvalue weighted by Crippen LogP contribution is 2.47. The molecule has 0 radical (unpaired) electrons. The summed E-state index contributed by atoms with van der Waals surface area (Å²) in [6.07, 6.45) is 22.9. The van der Waals surface area contributed by atoms with Crippen LogP contribution in [-0.4, -0.2) is 33.1 Å². The molecule has 0 saturated carbocycles. The summed E-state index contributed by atoms with van der Waals surface area (Å²) in [5, 5.41) is 25.3. The zero-order chi connectivity index (χ0) is 49.8. The van der Waals surface area contributed by atoms with Crippen LogP contribution in [0.5, 0.6) is 0 Å². The topological polar surface area (TPSA) is 104 Å². The van der Waals surface area contributed by atoms with Gasteiger partial charge in [0.05, 0.1) is 23.1 Å². The number of alkyl halides is 3. The molecule has 3 unspecified atom stereocenters. The molecule has 4 aromatic rings. The summed E-state index contributed by atoms with van der Waals surface area (Å²) in [5.74, 6) is 0.550. The molecule has 2 N–H and O–H groups in total. The van der Waals surface area contributed by atoms with Crippen molar-refractivity contribution in [3.63, 3.8) is 0 Å². The molecule has 2 aromatic heterocycles. The highest BCUT2D eigenvalue weighted by atomic mass is 35.5. The number of nitrogens with two attached hydrogens (primary N) is 1. The lowest BCUT2D eigenvalue weighted by atomic mass is 9.79. The van der Waals surface area contributed by atoms with Crippen LogP contribution in [0.25, 0.3) is 5.52 Å². The summed E-state index contributed by atoms with van der Waals surface area (Å²) in [4.78, 5) is 4.12. The Morgan fingerprint density at radius 2 is 1.34 bits per heavy atom. The molecule has 0 saturated heterocycles. The number of unbranched alkanes of at least 4 members (excludes halogenated alkanes) is 14. The van der Waals surface area contributed by atoms with Crippen LogP contribution < -0.4 is 5.73 Å². The Hall–Kier alpha value is -3.72. The Morgan fingerprint density at radius 1 is 0.735 bits per heavy atom. The van der Waals surface area contributed by atoms with Crippen molar-refractivity contribution >= 4 is 30.9 Å². The lowest BCUT2D eigenvalue weighted by Gasteiger charge is -2.29. The van der Waals surface area contributed by atoms with E-state index in [1.54, 1.807) is 6.07 Å². The average Bonchev–Trinajstić information content (AvgIpc) is 3.72. The van der Waals surface area contributed by atoms with Gasteiger partial charge >= 0.3 is 6.18 Å². The zero-order valence-electron chi connectivity index (χ0n) is 42.1. The summed E-state index contributed by atoms with van der Waals surface area (Å²) in [5.41, 5.74) is 10.3. The molecule has 2 aromatic carbocycles. The summed E-state index contributed by atoms with van der Waals surface area (Å²) in [6.45, 7) is 10.9. The van der Waals surface area contributed by atoms with Gasteiger partial charge in [-0.3, -0.25) is 0 Å². The molecule has 0 fully saturated rings. The van der Waals surface area contributed by atoms with E-state index in [-0.39, 0.29) is 12.2 Å². The van der Waals surface area contributed by atoms with Crippen molar-refractivity contribution in [2.24, 2.45) is 16.7 Å². The minimum Gasteiger partial charge on any atom is -0.382 e. The first-order valence-electron chi connectivity index (χ1n) is 25.6. The number of nitrogens with zero attached hydrogens (tertiary/aromatic N) is 5. The standard InChI is InChI=1S/C51H70ClF4N6P.C5H12/c1-2-50(39-58,30-27-46-25-26-48-49(59)60-40-61-62(46)48)31-33-63(38-44-21-17-18-22-47(44)52)32-28-41(23-24-42-34-43(37-57)36-45(53)35-42)20-16-14-12-10-8-6-4-3-5-7-9-11-13-15-19-29-51(54,55)56;1-5(2,3)4/h17-18,21-22,25-26,34-36,40-41H,2-16,19-20,23-24,27-33,38H2,1H3,(H2,59,60,61);1-4H3. The number of rotatable bonds is 32. The van der Waals surface area contributed by atoms with Gasteiger partial charge in [-0.05, 0) is 129 Å². The van der Waals surface area contributed by atoms with Crippen LogP contribution in [0.15, 0.2) is 60.9 Å². The Bertz CT molecular complexity index is 2100. The highest BCUT2D eigenvalue weighted by Gasteiger charge is 2.30. The molecule has 68 heavy (non-hydrogen) atoms. The summed E-state index contributed by atoms with van der Waals surface area (Å²) < 4.78 is 53.1. The van der Waals surface area contributed by atoms with Gasteiger partial charge in [0.15, 0.2) is 5.82 Å². The number of fused-ring (bicyclic) bond motifs is 1. The monoisotopic (exact) mass is 981 g/mol. The molecular formula is C56H82ClF4N6P. The van der Waals surface area contributed by atoms with E-state index in [2.05, 4.69) is 69.0 Å². The molecular weight excluding hydrogens is 899 g/mol. The number of aryl methyl sites for hydroxylation is 2. The molecule has 0 aliphatic heterocycles. The summed E-state index contributed by atoms with van der Waals surface area (Å²) in [6, 6.07) is 21.6. The van der Waals surface area contributed by atoms with Crippen molar-refractivity contribution < 1.29 is 17.6 Å². The minimum atomic E-state index is -4.02. The molecule has 3 atom stereocenters. The maximum atomic E-state index is 14.4. The molecule has 0 aliphatic rings. The van der Waals surface area contributed by atoms with Crippen LogP contribution in [0.4, 0.5) is 23.4 Å². The number of benzene rings is 2. The molecule has 2 heterocycles. The molecule has 0 amide bonds. The minimum absolute atomic E-state index is 0.257. The van der Waals surface area contributed by atoms with E-state index >= 15 is 0 Å². The van der Waals surface area contributed by atoms with Gasteiger partial charge in [0.1, 0.15) is 17.7 Å². The quantitative estimate of drug-likeness (QED) is 0.0298. The van der Waals surface area contributed by atoms with Crippen molar-refractivity contribution in [3.8, 4) is 12.1 Å². The largest absolute Gasteiger partial charge is 0.389 e. The van der Waals surface area contributed by atoms with E-state index in [1.165, 1.54) is 70.2 Å². The predicted molar refractivity (Wildman–Crippen MR) is 278 cm³/mol. The predicted octanol–water partition coefficient (Wildman–Crippen LogP) is 17.8. The Balaban J connectivity index is 0.00000232. The third-order valence-corrected chi connectivity index (χ3v) is 15.8. The van der Waals surface area contributed by atoms with E-state index in [9.17, 15) is 28.1 Å². The van der Waals surface area contributed by atoms with E-state index in [1.807, 2.05) is 34.8 Å². The first-order chi connectivity index (χ1) is 32.4. The molecule has 6 nitrogen and oxygen atoms in total. The highest BCUT2D eigenvalue weighted by molar-refractivity contribution is 7.56. The third-order valence-electron chi connectivity index (χ3n) is 12.9. The fourth-order valence-electron chi connectivity index (χ4n) is 8.83. The van der Waals surface area contributed by atoms with Crippen LogP contribution in [-0.2, 0) is 19.0 Å². The van der Waals surface area contributed by atoms with Gasteiger partial charge < -0.3 is 5.73 Å². The molecule has 12 heteroatoms. The van der Waals surface area contributed by atoms with Gasteiger partial charge in [0, 0.05) is 17.1 Å². The maximum Gasteiger partial charge on any atom is 0.389 e. The van der Waals surface area contributed by atoms with E-state index in [0.717, 1.165) is 116 Å². The number of aromatic nitrogens is 3. The van der Waals surface area contributed by atoms with Crippen molar-refractivity contribution in [3.05, 3.63) is 94.1 Å². The second-order valence-corrected chi connectivity index (χ2v) is 23.7. The molecule has 376 valence electrons. The normalized spacial score (nSPS) is 13.6. The Labute approximate surface area is 414 Å². The number of hydrogen-bond donors (Lipinski definition) is 1. The number of halogens is 5. The smallest absolute Gasteiger partial charge is 0.382 e. The fraction of sp³-hybridized carbons (Fsp3) is 0.643. The summed E-state index contributed by atoms with van der Waals surface area (Å²) >= 11 is 6.75. The lowest BCUT2D eigenvalue weighted by molar-refractivity contribution is -0.135. The maximum absolute atomic E-state index is 14.4. The second kappa shape index (κ2) is 31.5. The fourth-order valence-corrected chi connectivity index (χ4v) is 11.9. The van der Waals surface area contributed by atoms with Gasteiger partial charge in [-0.2, -0.15) is 28.8 Å². The SMILES string of the molecule is CC(C)(C)C.CCC(C#N)(CCc1ccc2c(N)ncnn12)CCP(CCC(CCCCCCCCCCCCCCCCCC(F)(F)F)CCc1cc(F)cc(C#N)c1)Cc1ccccc1Cl. The summed E-state index contributed by atoms with van der Waals surface area (Å²) in [7, 11) is -0.486. The van der Waals surface area contributed by atoms with Crippen molar-refractivity contribution in [2.75, 3.05) is 18.1 Å². The molecule has 0 bridgehead atoms. The van der Waals surface area contributed by atoms with Crippen molar-refractivity contribution in [1.29, 1.82) is 10.5 Å². The molecule has 0 spiro atoms. The van der Waals surface area contributed by atoms with Gasteiger partial charge in [0.2, 0.25) is 0 Å². The number of anilines is 1. The van der Waals surface area contributed by atoms with E-state index < -0.39 is 25.9 Å². The van der Waals surface area contributed by atoms with Crippen LogP contribution in [0.2, 0.25) is 5.02 Å². The van der Waals surface area contributed by atoms with Crippen molar-refractivity contribution in [2.45, 2.75) is 201 Å². The van der Waals surface area contributed by atoms with Gasteiger partial charge in [-0.15, -0.1) is 7.92 Å². The van der Waals surface area contributed by atoms with E-state index in [4.69, 9.17) is 17.3 Å². The number of hydrogen-bond acceptors (Lipinski definition) is 5. The zero-order valence-corrected chi connectivity index (χ0v) is 43.7. The van der Waals surface area contributed by atoms with E-state index in [0.29, 0.717) is 35.6 Å². The third kappa shape index (κ3) is 24.7. The number of nitriles is 2. The number of nitrogen functional groups attached to an aromatic ring is 1. The van der Waals surface area contributed by atoms with Crippen LogP contribution in [0.3, 0.4) is 0 Å². The lowest BCUT2D eigenvalue weighted by Crippen LogP contribution is -2.21. The van der Waals surface area contributed by atoms with Gasteiger partial charge in [-0.25, -0.2) is 13.9 Å². The van der Waals surface area contributed by atoms with Gasteiger partial charge in [0.25, 0.3) is 0 Å². The van der Waals surface area contributed by atoms with Crippen molar-refractivity contribution in [1.82, 2.24) is 14.6 Å². The van der Waals surface area contributed by atoms with Crippen LogP contribution in [0.1, 0.15) is 198 Å². The van der Waals surface area contributed by atoms with Crippen LogP contribution in [0, 0.1) is 45.2 Å². The molecule has 4 rings (SSSR count). The second-order valence-electron chi connectivity index (χ2n) is 20.7. The first-order valence-corrected chi connectivity index (χ1v) is 27.9. The average molecular weight is 982 g/mol. The Morgan fingerprint density at radius 3 is 1.91 bits per heavy atom. The molecule has 0 aliphatic carbocycles. The Kier molecular flexibility index (Phi) is 27.1.